The molecule has 150 valence electrons. The second-order valence-electron chi connectivity index (χ2n) is 9.22. The Bertz CT molecular complexity index is 866. The third kappa shape index (κ3) is 4.99. The average molecular weight is 383 g/mol. The van der Waals surface area contributed by atoms with E-state index in [2.05, 4.69) is 50.9 Å². The fourth-order valence-corrected chi connectivity index (χ4v) is 4.03. The van der Waals surface area contributed by atoms with E-state index < -0.39 is 0 Å². The van der Waals surface area contributed by atoms with E-state index >= 15 is 0 Å². The van der Waals surface area contributed by atoms with Gasteiger partial charge in [-0.25, -0.2) is 4.39 Å². The number of halogens is 1. The minimum absolute atomic E-state index is 0.0443. The molecule has 2 aromatic rings. The van der Waals surface area contributed by atoms with E-state index in [0.717, 1.165) is 42.9 Å². The molecule has 0 saturated carbocycles. The lowest BCUT2D eigenvalue weighted by Gasteiger charge is -2.32. The number of hydrogen-bond acceptors (Lipinski definition) is 2. The van der Waals surface area contributed by atoms with E-state index in [9.17, 15) is 9.18 Å². The molecule has 0 saturated heterocycles. The number of carbonyl (C=O) groups is 1. The average Bonchev–Trinajstić information content (AvgIpc) is 2.59. The SMILES string of the molecule is Cc1cc(C)c(NC(=O)CC(C)(C)C)c2c1CCN(Cc1ccc(F)cc1)C2. The molecule has 3 rings (SSSR count). The third-order valence-corrected chi connectivity index (χ3v) is 5.30. The summed E-state index contributed by atoms with van der Waals surface area (Å²) in [4.78, 5) is 15.0. The lowest BCUT2D eigenvalue weighted by molar-refractivity contribution is -0.117. The number of anilines is 1. The highest BCUT2D eigenvalue weighted by Crippen LogP contribution is 2.33. The molecule has 0 unspecified atom stereocenters. The summed E-state index contributed by atoms with van der Waals surface area (Å²) in [7, 11) is 0. The van der Waals surface area contributed by atoms with Crippen LogP contribution in [0.25, 0.3) is 0 Å². The number of amides is 1. The molecule has 0 aromatic heterocycles. The molecular formula is C24H31FN2O. The number of nitrogens with one attached hydrogen (secondary N) is 1. The lowest BCUT2D eigenvalue weighted by Crippen LogP contribution is -2.32. The molecule has 1 aliphatic heterocycles. The highest BCUT2D eigenvalue weighted by atomic mass is 19.1. The fraction of sp³-hybridized carbons (Fsp3) is 0.458. The van der Waals surface area contributed by atoms with Gasteiger partial charge in [-0.05, 0) is 65.6 Å². The number of aryl methyl sites for hydroxylation is 2. The number of fused-ring (bicyclic) bond motifs is 1. The summed E-state index contributed by atoms with van der Waals surface area (Å²) in [5.74, 6) is -0.139. The number of benzene rings is 2. The van der Waals surface area contributed by atoms with Gasteiger partial charge in [0.1, 0.15) is 5.82 Å². The molecule has 28 heavy (non-hydrogen) atoms. The van der Waals surface area contributed by atoms with Crippen molar-refractivity contribution in [2.24, 2.45) is 5.41 Å². The maximum atomic E-state index is 13.2. The molecule has 1 aliphatic rings. The predicted octanol–water partition coefficient (Wildman–Crippen LogP) is 5.38. The monoisotopic (exact) mass is 382 g/mol. The number of rotatable bonds is 4. The van der Waals surface area contributed by atoms with Crippen molar-refractivity contribution >= 4 is 11.6 Å². The Kier molecular flexibility index (Phi) is 5.90. The Morgan fingerprint density at radius 3 is 2.43 bits per heavy atom. The van der Waals surface area contributed by atoms with Gasteiger partial charge in [0.2, 0.25) is 5.91 Å². The maximum Gasteiger partial charge on any atom is 0.224 e. The highest BCUT2D eigenvalue weighted by molar-refractivity contribution is 5.93. The third-order valence-electron chi connectivity index (χ3n) is 5.30. The van der Waals surface area contributed by atoms with Gasteiger partial charge < -0.3 is 5.32 Å². The molecule has 0 spiro atoms. The maximum absolute atomic E-state index is 13.2. The minimum Gasteiger partial charge on any atom is -0.326 e. The molecule has 0 aliphatic carbocycles. The normalized spacial score (nSPS) is 14.6. The van der Waals surface area contributed by atoms with E-state index in [1.165, 1.54) is 28.8 Å². The lowest BCUT2D eigenvalue weighted by atomic mass is 9.89. The molecule has 4 heteroatoms. The van der Waals surface area contributed by atoms with Crippen molar-refractivity contribution in [1.82, 2.24) is 4.90 Å². The second kappa shape index (κ2) is 8.04. The van der Waals surface area contributed by atoms with Crippen LogP contribution in [-0.4, -0.2) is 17.4 Å². The van der Waals surface area contributed by atoms with E-state index in [1.54, 1.807) is 0 Å². The minimum atomic E-state index is -0.206. The fourth-order valence-electron chi connectivity index (χ4n) is 4.03. The van der Waals surface area contributed by atoms with Gasteiger partial charge in [0.05, 0.1) is 0 Å². The zero-order valence-electron chi connectivity index (χ0n) is 17.7. The van der Waals surface area contributed by atoms with Crippen molar-refractivity contribution in [3.05, 3.63) is 64.0 Å². The summed E-state index contributed by atoms with van der Waals surface area (Å²) >= 11 is 0. The number of nitrogens with zero attached hydrogens (tertiary/aromatic N) is 1. The zero-order chi connectivity index (χ0) is 20.5. The van der Waals surface area contributed by atoms with Crippen LogP contribution < -0.4 is 5.32 Å². The van der Waals surface area contributed by atoms with Crippen molar-refractivity contribution in [1.29, 1.82) is 0 Å². The van der Waals surface area contributed by atoms with Crippen LogP contribution in [0.3, 0.4) is 0 Å². The van der Waals surface area contributed by atoms with Crippen LogP contribution in [0.1, 0.15) is 55.0 Å². The molecule has 0 fully saturated rings. The summed E-state index contributed by atoms with van der Waals surface area (Å²) in [5, 5.41) is 3.20. The van der Waals surface area contributed by atoms with Crippen LogP contribution in [0.2, 0.25) is 0 Å². The molecule has 1 N–H and O–H groups in total. The van der Waals surface area contributed by atoms with Gasteiger partial charge in [0.25, 0.3) is 0 Å². The zero-order valence-corrected chi connectivity index (χ0v) is 17.7. The molecule has 0 radical (unpaired) electrons. The molecule has 2 aromatic carbocycles. The first-order valence-corrected chi connectivity index (χ1v) is 10.0. The Balaban J connectivity index is 1.84. The van der Waals surface area contributed by atoms with Crippen LogP contribution in [0, 0.1) is 25.1 Å². The van der Waals surface area contributed by atoms with Gasteiger partial charge in [0.15, 0.2) is 0 Å². The Morgan fingerprint density at radius 1 is 1.11 bits per heavy atom. The van der Waals surface area contributed by atoms with E-state index in [0.29, 0.717) is 6.42 Å². The molecule has 0 bridgehead atoms. The molecule has 1 amide bonds. The van der Waals surface area contributed by atoms with Crippen LogP contribution in [0.5, 0.6) is 0 Å². The smallest absolute Gasteiger partial charge is 0.224 e. The Labute approximate surface area is 167 Å². The van der Waals surface area contributed by atoms with Gasteiger partial charge in [0, 0.05) is 31.7 Å². The van der Waals surface area contributed by atoms with E-state index in [1.807, 2.05) is 12.1 Å². The summed E-state index contributed by atoms with van der Waals surface area (Å²) in [5.41, 5.74) is 7.02. The van der Waals surface area contributed by atoms with Crippen LogP contribution in [-0.2, 0) is 24.3 Å². The second-order valence-corrected chi connectivity index (χ2v) is 9.22. The van der Waals surface area contributed by atoms with Crippen molar-refractivity contribution in [3.63, 3.8) is 0 Å². The summed E-state index contributed by atoms with van der Waals surface area (Å²) in [6.07, 6.45) is 1.46. The van der Waals surface area contributed by atoms with E-state index in [-0.39, 0.29) is 17.1 Å². The predicted molar refractivity (Wildman–Crippen MR) is 113 cm³/mol. The Hall–Kier alpha value is -2.20. The first kappa shape index (κ1) is 20.5. The summed E-state index contributed by atoms with van der Waals surface area (Å²) < 4.78 is 13.2. The first-order valence-electron chi connectivity index (χ1n) is 10.0. The van der Waals surface area contributed by atoms with Crippen molar-refractivity contribution < 1.29 is 9.18 Å². The Morgan fingerprint density at radius 2 is 1.79 bits per heavy atom. The quantitative estimate of drug-likeness (QED) is 0.770. The molecule has 0 atom stereocenters. The summed E-state index contributed by atoms with van der Waals surface area (Å²) in [6.45, 7) is 13.0. The first-order chi connectivity index (χ1) is 13.1. The topological polar surface area (TPSA) is 32.3 Å². The van der Waals surface area contributed by atoms with Crippen LogP contribution in [0.4, 0.5) is 10.1 Å². The van der Waals surface area contributed by atoms with Gasteiger partial charge in [-0.1, -0.05) is 39.0 Å². The molecule has 1 heterocycles. The summed E-state index contributed by atoms with van der Waals surface area (Å²) in [6, 6.07) is 8.90. The van der Waals surface area contributed by atoms with Gasteiger partial charge in [-0.15, -0.1) is 0 Å². The number of carbonyl (C=O) groups excluding carboxylic acids is 1. The largest absolute Gasteiger partial charge is 0.326 e. The van der Waals surface area contributed by atoms with Gasteiger partial charge in [-0.2, -0.15) is 0 Å². The van der Waals surface area contributed by atoms with Crippen molar-refractivity contribution in [3.8, 4) is 0 Å². The standard InChI is InChI=1S/C24H31FN2O/c1-16-12-17(2)23(26-22(28)13-24(3,4)5)21-15-27(11-10-20(16)21)14-18-6-8-19(25)9-7-18/h6-9,12H,10-11,13-15H2,1-5H3,(H,26,28). The highest BCUT2D eigenvalue weighted by Gasteiger charge is 2.24. The van der Waals surface area contributed by atoms with E-state index in [4.69, 9.17) is 0 Å². The van der Waals surface area contributed by atoms with Gasteiger partial charge >= 0.3 is 0 Å². The molecular weight excluding hydrogens is 351 g/mol. The van der Waals surface area contributed by atoms with Crippen LogP contribution in [0.15, 0.2) is 30.3 Å². The number of hydrogen-bond donors (Lipinski definition) is 1. The van der Waals surface area contributed by atoms with Gasteiger partial charge in [-0.3, -0.25) is 9.69 Å². The van der Waals surface area contributed by atoms with Crippen molar-refractivity contribution in [2.45, 2.75) is 60.5 Å². The van der Waals surface area contributed by atoms with Crippen molar-refractivity contribution in [2.75, 3.05) is 11.9 Å². The molecule has 3 nitrogen and oxygen atoms in total. The van der Waals surface area contributed by atoms with Crippen LogP contribution >= 0.6 is 0 Å².